The third kappa shape index (κ3) is 11.1. The first-order chi connectivity index (χ1) is 7.31. The number of terminal acetylenes is 1. The zero-order valence-electron chi connectivity index (χ0n) is 9.85. The van der Waals surface area contributed by atoms with Gasteiger partial charge in [0.1, 0.15) is 5.78 Å². The summed E-state index contributed by atoms with van der Waals surface area (Å²) in [6.45, 7) is 3.13. The van der Waals surface area contributed by atoms with E-state index in [9.17, 15) is 4.79 Å². The van der Waals surface area contributed by atoms with Crippen LogP contribution in [0.5, 0.6) is 0 Å². The Labute approximate surface area is 93.8 Å². The molecule has 0 radical (unpaired) electrons. The Morgan fingerprint density at radius 1 is 1.20 bits per heavy atom. The molecule has 0 bridgehead atoms. The zero-order valence-corrected chi connectivity index (χ0v) is 9.85. The van der Waals surface area contributed by atoms with Crippen LogP contribution in [0.4, 0.5) is 0 Å². The van der Waals surface area contributed by atoms with Crippen molar-refractivity contribution in [3.63, 3.8) is 0 Å². The number of unbranched alkanes of at least 4 members (excludes halogenated alkanes) is 5. The minimum absolute atomic E-state index is 0.278. The van der Waals surface area contributed by atoms with Gasteiger partial charge in [-0.3, -0.25) is 10.1 Å². The molecule has 0 saturated carbocycles. The Morgan fingerprint density at radius 3 is 2.53 bits per heavy atom. The molecular weight excluding hydrogens is 186 g/mol. The predicted molar refractivity (Wildman–Crippen MR) is 64.7 cm³/mol. The van der Waals surface area contributed by atoms with Gasteiger partial charge in [0.25, 0.3) is 0 Å². The molecule has 0 aliphatic rings. The lowest BCUT2D eigenvalue weighted by Gasteiger charge is -2.01. The third-order valence-corrected chi connectivity index (χ3v) is 2.36. The maximum atomic E-state index is 11.3. The van der Waals surface area contributed by atoms with Crippen molar-refractivity contribution < 1.29 is 4.79 Å². The van der Waals surface area contributed by atoms with E-state index in [-0.39, 0.29) is 5.78 Å². The molecule has 0 fully saturated rings. The number of carbonyl (C=O) groups is 1. The number of rotatable bonds is 10. The van der Waals surface area contributed by atoms with Gasteiger partial charge in [-0.05, 0) is 6.42 Å². The van der Waals surface area contributed by atoms with Crippen LogP contribution in [0.25, 0.3) is 0 Å². The summed E-state index contributed by atoms with van der Waals surface area (Å²) in [6, 6.07) is 0. The van der Waals surface area contributed by atoms with E-state index in [1.54, 1.807) is 0 Å². The van der Waals surface area contributed by atoms with E-state index in [4.69, 9.17) is 6.42 Å². The molecule has 0 atom stereocenters. The average Bonchev–Trinajstić information content (AvgIpc) is 2.23. The number of carbonyl (C=O) groups excluding carboxylic acids is 1. The van der Waals surface area contributed by atoms with Gasteiger partial charge in [0.05, 0.1) is 13.1 Å². The highest BCUT2D eigenvalue weighted by Crippen LogP contribution is 2.06. The fourth-order valence-electron chi connectivity index (χ4n) is 1.46. The first-order valence-corrected chi connectivity index (χ1v) is 5.97. The van der Waals surface area contributed by atoms with E-state index < -0.39 is 0 Å². The SMILES string of the molecule is C#CCNCC(=O)CCCCCCCC. The summed E-state index contributed by atoms with van der Waals surface area (Å²) < 4.78 is 0. The number of hydrogen-bond donors (Lipinski definition) is 1. The lowest BCUT2D eigenvalue weighted by atomic mass is 10.1. The summed E-state index contributed by atoms with van der Waals surface area (Å²) >= 11 is 0. The van der Waals surface area contributed by atoms with Crippen LogP contribution in [-0.2, 0) is 4.79 Å². The van der Waals surface area contributed by atoms with E-state index >= 15 is 0 Å². The topological polar surface area (TPSA) is 29.1 Å². The second-order valence-electron chi connectivity index (χ2n) is 3.86. The van der Waals surface area contributed by atoms with Crippen LogP contribution in [0.2, 0.25) is 0 Å². The fraction of sp³-hybridized carbons (Fsp3) is 0.769. The monoisotopic (exact) mass is 209 g/mol. The molecule has 1 N–H and O–H groups in total. The quantitative estimate of drug-likeness (QED) is 0.442. The molecule has 0 aromatic rings. The van der Waals surface area contributed by atoms with Crippen LogP contribution in [0.15, 0.2) is 0 Å². The highest BCUT2D eigenvalue weighted by Gasteiger charge is 1.99. The molecule has 0 amide bonds. The smallest absolute Gasteiger partial charge is 0.146 e. The van der Waals surface area contributed by atoms with Crippen LogP contribution in [0.1, 0.15) is 51.9 Å². The minimum Gasteiger partial charge on any atom is -0.299 e. The zero-order chi connectivity index (χ0) is 11.4. The van der Waals surface area contributed by atoms with E-state index in [0.29, 0.717) is 19.5 Å². The van der Waals surface area contributed by atoms with Crippen molar-refractivity contribution in [1.29, 1.82) is 0 Å². The highest BCUT2D eigenvalue weighted by atomic mass is 16.1. The van der Waals surface area contributed by atoms with Crippen molar-refractivity contribution >= 4 is 5.78 Å². The van der Waals surface area contributed by atoms with Crippen molar-refractivity contribution in [2.24, 2.45) is 0 Å². The van der Waals surface area contributed by atoms with Gasteiger partial charge >= 0.3 is 0 Å². The van der Waals surface area contributed by atoms with Crippen LogP contribution in [0.3, 0.4) is 0 Å². The largest absolute Gasteiger partial charge is 0.299 e. The molecule has 15 heavy (non-hydrogen) atoms. The second-order valence-corrected chi connectivity index (χ2v) is 3.86. The number of hydrogen-bond acceptors (Lipinski definition) is 2. The summed E-state index contributed by atoms with van der Waals surface area (Å²) in [5.74, 6) is 2.73. The molecular formula is C13H23NO. The van der Waals surface area contributed by atoms with Crippen molar-refractivity contribution in [3.05, 3.63) is 0 Å². The lowest BCUT2D eigenvalue weighted by molar-refractivity contribution is -0.118. The summed E-state index contributed by atoms with van der Waals surface area (Å²) in [4.78, 5) is 11.3. The van der Waals surface area contributed by atoms with Crippen LogP contribution in [-0.4, -0.2) is 18.9 Å². The molecule has 0 aromatic heterocycles. The van der Waals surface area contributed by atoms with Crippen molar-refractivity contribution in [2.75, 3.05) is 13.1 Å². The van der Waals surface area contributed by atoms with Gasteiger partial charge in [-0.25, -0.2) is 0 Å². The molecule has 2 nitrogen and oxygen atoms in total. The molecule has 2 heteroatoms. The Bertz CT molecular complexity index is 193. The van der Waals surface area contributed by atoms with E-state index in [1.807, 2.05) is 0 Å². The molecule has 0 saturated heterocycles. The van der Waals surface area contributed by atoms with Crippen molar-refractivity contribution in [3.8, 4) is 12.3 Å². The maximum Gasteiger partial charge on any atom is 0.146 e. The van der Waals surface area contributed by atoms with E-state index in [1.165, 1.54) is 32.1 Å². The summed E-state index contributed by atoms with van der Waals surface area (Å²) in [6.07, 6.45) is 13.1. The first kappa shape index (κ1) is 14.2. The standard InChI is InChI=1S/C13H23NO/c1-3-5-6-7-8-9-10-13(15)12-14-11-4-2/h2,14H,3,5-12H2,1H3. The molecule has 86 valence electrons. The summed E-state index contributed by atoms with van der Waals surface area (Å²) in [5, 5.41) is 2.91. The minimum atomic E-state index is 0.278. The predicted octanol–water partition coefficient (Wildman–Crippen LogP) is 2.53. The van der Waals surface area contributed by atoms with Crippen molar-refractivity contribution in [1.82, 2.24) is 5.32 Å². The Balaban J connectivity index is 3.14. The first-order valence-electron chi connectivity index (χ1n) is 5.97. The maximum absolute atomic E-state index is 11.3. The van der Waals surface area contributed by atoms with Gasteiger partial charge in [0, 0.05) is 6.42 Å². The Hall–Kier alpha value is -0.810. The average molecular weight is 209 g/mol. The molecule has 0 heterocycles. The van der Waals surface area contributed by atoms with Crippen LogP contribution < -0.4 is 5.32 Å². The normalized spacial score (nSPS) is 9.87. The van der Waals surface area contributed by atoms with Gasteiger partial charge in [-0.1, -0.05) is 44.9 Å². The molecule has 0 unspecified atom stereocenters. The van der Waals surface area contributed by atoms with E-state index in [0.717, 1.165) is 6.42 Å². The Kier molecular flexibility index (Phi) is 10.7. The van der Waals surface area contributed by atoms with Crippen LogP contribution in [0, 0.1) is 12.3 Å². The second kappa shape index (κ2) is 11.3. The number of ketones is 1. The van der Waals surface area contributed by atoms with Gasteiger partial charge in [0.2, 0.25) is 0 Å². The van der Waals surface area contributed by atoms with Crippen LogP contribution >= 0.6 is 0 Å². The van der Waals surface area contributed by atoms with Gasteiger partial charge < -0.3 is 0 Å². The molecule has 0 spiro atoms. The van der Waals surface area contributed by atoms with Crippen molar-refractivity contribution in [2.45, 2.75) is 51.9 Å². The number of nitrogens with one attached hydrogen (secondary N) is 1. The highest BCUT2D eigenvalue weighted by molar-refractivity contribution is 5.80. The van der Waals surface area contributed by atoms with Gasteiger partial charge in [-0.15, -0.1) is 6.42 Å². The van der Waals surface area contributed by atoms with E-state index in [2.05, 4.69) is 18.2 Å². The van der Waals surface area contributed by atoms with Gasteiger partial charge in [0.15, 0.2) is 0 Å². The Morgan fingerprint density at radius 2 is 1.87 bits per heavy atom. The lowest BCUT2D eigenvalue weighted by Crippen LogP contribution is -2.22. The third-order valence-electron chi connectivity index (χ3n) is 2.36. The van der Waals surface area contributed by atoms with Gasteiger partial charge in [-0.2, -0.15) is 0 Å². The number of Topliss-reactive ketones (excluding diaryl/α,β-unsaturated/α-hetero) is 1. The molecule has 0 rings (SSSR count). The molecule has 0 aromatic carbocycles. The molecule has 0 aliphatic carbocycles. The fourth-order valence-corrected chi connectivity index (χ4v) is 1.46. The summed E-state index contributed by atoms with van der Waals surface area (Å²) in [7, 11) is 0. The molecule has 0 aliphatic heterocycles. The summed E-state index contributed by atoms with van der Waals surface area (Å²) in [5.41, 5.74) is 0.